The molecule has 110 valence electrons. The molecule has 0 radical (unpaired) electrons. The fourth-order valence-electron chi connectivity index (χ4n) is 2.69. The van der Waals surface area contributed by atoms with E-state index < -0.39 is 6.04 Å². The second-order valence-electron chi connectivity index (χ2n) is 5.14. The lowest BCUT2D eigenvalue weighted by Gasteiger charge is -2.29. The van der Waals surface area contributed by atoms with E-state index in [1.165, 1.54) is 12.8 Å². The number of amides is 1. The molecule has 1 fully saturated rings. The van der Waals surface area contributed by atoms with Gasteiger partial charge in [-0.05, 0) is 25.7 Å². The molecule has 0 aromatic carbocycles. The van der Waals surface area contributed by atoms with Crippen LogP contribution in [-0.2, 0) is 0 Å². The van der Waals surface area contributed by atoms with E-state index in [0.717, 1.165) is 25.7 Å². The molecule has 0 spiro atoms. The van der Waals surface area contributed by atoms with Gasteiger partial charge in [0.25, 0.3) is 5.91 Å². The maximum absolute atomic E-state index is 12.2. The predicted octanol–water partition coefficient (Wildman–Crippen LogP) is 1.41. The first kappa shape index (κ1) is 14.4. The average molecular weight is 280 g/mol. The number of nitrogens with one attached hydrogen (secondary N) is 1. The molecular formula is C13H20N4O3. The van der Waals surface area contributed by atoms with Crippen molar-refractivity contribution in [2.24, 2.45) is 16.8 Å². The Morgan fingerprint density at radius 3 is 2.80 bits per heavy atom. The summed E-state index contributed by atoms with van der Waals surface area (Å²) < 4.78 is 5.06. The van der Waals surface area contributed by atoms with Gasteiger partial charge in [-0.1, -0.05) is 24.4 Å². The molecule has 1 heterocycles. The molecule has 1 amide bonds. The number of carbonyl (C=O) groups excluding carboxylic acids is 1. The fourth-order valence-corrected chi connectivity index (χ4v) is 2.69. The van der Waals surface area contributed by atoms with Gasteiger partial charge in [-0.3, -0.25) is 4.79 Å². The Labute approximate surface area is 117 Å². The number of aryl methyl sites for hydroxylation is 1. The van der Waals surface area contributed by atoms with Crippen LogP contribution in [0.4, 0.5) is 0 Å². The first-order chi connectivity index (χ1) is 9.63. The summed E-state index contributed by atoms with van der Waals surface area (Å²) in [7, 11) is 0. The van der Waals surface area contributed by atoms with Crippen LogP contribution < -0.4 is 11.1 Å². The summed E-state index contributed by atoms with van der Waals surface area (Å²) in [5.41, 5.74) is 6.24. The number of amidine groups is 1. The Hall–Kier alpha value is -2.05. The van der Waals surface area contributed by atoms with E-state index in [9.17, 15) is 4.79 Å². The third-order valence-corrected chi connectivity index (χ3v) is 3.79. The smallest absolute Gasteiger partial charge is 0.289 e. The van der Waals surface area contributed by atoms with Crippen molar-refractivity contribution >= 4 is 11.7 Å². The van der Waals surface area contributed by atoms with Crippen molar-refractivity contribution in [1.82, 2.24) is 10.3 Å². The maximum atomic E-state index is 12.2. The van der Waals surface area contributed by atoms with Gasteiger partial charge in [0.2, 0.25) is 5.76 Å². The summed E-state index contributed by atoms with van der Waals surface area (Å²) in [6.07, 6.45) is 6.51. The average Bonchev–Trinajstić information content (AvgIpc) is 2.91. The van der Waals surface area contributed by atoms with Crippen LogP contribution in [0.15, 0.2) is 16.0 Å². The molecule has 1 aliphatic carbocycles. The van der Waals surface area contributed by atoms with E-state index in [1.54, 1.807) is 6.92 Å². The summed E-state index contributed by atoms with van der Waals surface area (Å²) >= 11 is 0. The van der Waals surface area contributed by atoms with E-state index in [4.69, 9.17) is 15.4 Å². The molecule has 1 aliphatic rings. The number of carbonyl (C=O) groups is 1. The van der Waals surface area contributed by atoms with Crippen LogP contribution in [0.3, 0.4) is 0 Å². The van der Waals surface area contributed by atoms with Crippen LogP contribution in [0.5, 0.6) is 0 Å². The van der Waals surface area contributed by atoms with E-state index in [2.05, 4.69) is 15.5 Å². The molecule has 1 atom stereocenters. The highest BCUT2D eigenvalue weighted by Crippen LogP contribution is 2.27. The van der Waals surface area contributed by atoms with Crippen molar-refractivity contribution < 1.29 is 14.4 Å². The molecule has 0 bridgehead atoms. The van der Waals surface area contributed by atoms with E-state index >= 15 is 0 Å². The van der Waals surface area contributed by atoms with Crippen LogP contribution in [-0.4, -0.2) is 28.0 Å². The minimum atomic E-state index is -0.475. The molecule has 7 heteroatoms. The number of oxime groups is 1. The van der Waals surface area contributed by atoms with Crippen molar-refractivity contribution in [3.05, 3.63) is 17.8 Å². The maximum Gasteiger partial charge on any atom is 0.289 e. The van der Waals surface area contributed by atoms with Gasteiger partial charge in [-0.25, -0.2) is 4.98 Å². The summed E-state index contributed by atoms with van der Waals surface area (Å²) in [4.78, 5) is 16.0. The van der Waals surface area contributed by atoms with Gasteiger partial charge in [0.05, 0.1) is 11.7 Å². The Morgan fingerprint density at radius 2 is 2.25 bits per heavy atom. The molecule has 0 aliphatic heterocycles. The van der Waals surface area contributed by atoms with Crippen LogP contribution in [0, 0.1) is 12.8 Å². The van der Waals surface area contributed by atoms with Crippen molar-refractivity contribution in [3.63, 3.8) is 0 Å². The van der Waals surface area contributed by atoms with Crippen LogP contribution in [0.2, 0.25) is 0 Å². The molecule has 1 saturated carbocycles. The number of nitrogens with two attached hydrogens (primary N) is 1. The lowest BCUT2D eigenvalue weighted by atomic mass is 9.83. The number of nitrogens with zero attached hydrogens (tertiary/aromatic N) is 2. The summed E-state index contributed by atoms with van der Waals surface area (Å²) in [5.74, 6) is -0.00651. The van der Waals surface area contributed by atoms with Crippen LogP contribution in [0.1, 0.15) is 48.4 Å². The molecule has 7 nitrogen and oxygen atoms in total. The van der Waals surface area contributed by atoms with E-state index in [0.29, 0.717) is 5.69 Å². The first-order valence-corrected chi connectivity index (χ1v) is 6.82. The summed E-state index contributed by atoms with van der Waals surface area (Å²) in [6, 6.07) is -0.475. The Morgan fingerprint density at radius 1 is 1.55 bits per heavy atom. The number of oxazole rings is 1. The van der Waals surface area contributed by atoms with Crippen molar-refractivity contribution in [3.8, 4) is 0 Å². The highest BCUT2D eigenvalue weighted by molar-refractivity contribution is 5.97. The van der Waals surface area contributed by atoms with Gasteiger partial charge in [0.1, 0.15) is 0 Å². The highest BCUT2D eigenvalue weighted by atomic mass is 16.4. The van der Waals surface area contributed by atoms with Crippen molar-refractivity contribution in [2.75, 3.05) is 0 Å². The van der Waals surface area contributed by atoms with Gasteiger partial charge in [-0.2, -0.15) is 0 Å². The molecule has 0 saturated heterocycles. The van der Waals surface area contributed by atoms with Gasteiger partial charge in [-0.15, -0.1) is 0 Å². The largest absolute Gasteiger partial charge is 0.438 e. The van der Waals surface area contributed by atoms with E-state index in [1.807, 2.05) is 0 Å². The zero-order valence-electron chi connectivity index (χ0n) is 11.5. The molecule has 4 N–H and O–H groups in total. The Bertz CT molecular complexity index is 492. The predicted molar refractivity (Wildman–Crippen MR) is 72.5 cm³/mol. The molecule has 1 aromatic rings. The molecule has 1 unspecified atom stereocenters. The zero-order chi connectivity index (χ0) is 14.5. The molecule has 2 rings (SSSR count). The lowest BCUT2D eigenvalue weighted by molar-refractivity contribution is 0.0901. The second-order valence-corrected chi connectivity index (χ2v) is 5.14. The Balaban J connectivity index is 2.11. The van der Waals surface area contributed by atoms with Gasteiger partial charge < -0.3 is 20.7 Å². The van der Waals surface area contributed by atoms with Crippen LogP contribution in [0.25, 0.3) is 0 Å². The third-order valence-electron chi connectivity index (χ3n) is 3.79. The van der Waals surface area contributed by atoms with E-state index in [-0.39, 0.29) is 23.4 Å². The first-order valence-electron chi connectivity index (χ1n) is 6.82. The SMILES string of the molecule is Cc1ncoc1C(=O)NC(C(N)=NO)C1CCCCC1. The number of rotatable bonds is 4. The molecule has 1 aromatic heterocycles. The number of hydrogen-bond acceptors (Lipinski definition) is 5. The fraction of sp³-hybridized carbons (Fsp3) is 0.615. The minimum absolute atomic E-state index is 0.0300. The highest BCUT2D eigenvalue weighted by Gasteiger charge is 2.30. The summed E-state index contributed by atoms with van der Waals surface area (Å²) in [5, 5.41) is 14.8. The number of aromatic nitrogens is 1. The minimum Gasteiger partial charge on any atom is -0.438 e. The Kier molecular flexibility index (Phi) is 4.60. The standard InChI is InChI=1S/C13H20N4O3/c1-8-11(20-7-15-8)13(18)16-10(12(14)17-19)9-5-3-2-4-6-9/h7,9-10,19H,2-6H2,1H3,(H2,14,17)(H,16,18). The second kappa shape index (κ2) is 6.40. The van der Waals surface area contributed by atoms with Gasteiger partial charge in [0, 0.05) is 0 Å². The molecule has 20 heavy (non-hydrogen) atoms. The van der Waals surface area contributed by atoms with Crippen LogP contribution >= 0.6 is 0 Å². The van der Waals surface area contributed by atoms with Gasteiger partial charge >= 0.3 is 0 Å². The normalized spacial score (nSPS) is 18.8. The topological polar surface area (TPSA) is 114 Å². The lowest BCUT2D eigenvalue weighted by Crippen LogP contribution is -2.49. The molecular weight excluding hydrogens is 260 g/mol. The van der Waals surface area contributed by atoms with Crippen molar-refractivity contribution in [2.45, 2.75) is 45.1 Å². The third kappa shape index (κ3) is 3.09. The number of hydrogen-bond donors (Lipinski definition) is 3. The quantitative estimate of drug-likeness (QED) is 0.334. The monoisotopic (exact) mass is 280 g/mol. The summed E-state index contributed by atoms with van der Waals surface area (Å²) in [6.45, 7) is 1.69. The zero-order valence-corrected chi connectivity index (χ0v) is 11.5. The van der Waals surface area contributed by atoms with Crippen molar-refractivity contribution in [1.29, 1.82) is 0 Å². The van der Waals surface area contributed by atoms with Gasteiger partial charge in [0.15, 0.2) is 12.2 Å².